The molecule has 5 heteroatoms. The lowest BCUT2D eigenvalue weighted by atomic mass is 10.1. The molecular formula is C15H24N2O3. The van der Waals surface area contributed by atoms with Gasteiger partial charge >= 0.3 is 5.97 Å². The largest absolute Gasteiger partial charge is 0.492 e. The molecule has 112 valence electrons. The summed E-state index contributed by atoms with van der Waals surface area (Å²) in [5.74, 6) is -0.129. The summed E-state index contributed by atoms with van der Waals surface area (Å²) in [6, 6.07) is 5.88. The van der Waals surface area contributed by atoms with Crippen molar-refractivity contribution in [3.63, 3.8) is 0 Å². The minimum atomic E-state index is -0.858. The van der Waals surface area contributed by atoms with Gasteiger partial charge in [-0.05, 0) is 37.6 Å². The highest BCUT2D eigenvalue weighted by atomic mass is 16.5. The Kier molecular flexibility index (Phi) is 6.87. The highest BCUT2D eigenvalue weighted by Crippen LogP contribution is 2.28. The van der Waals surface area contributed by atoms with Crippen molar-refractivity contribution in [2.75, 3.05) is 31.6 Å². The zero-order valence-electron chi connectivity index (χ0n) is 12.5. The van der Waals surface area contributed by atoms with E-state index in [1.165, 1.54) is 0 Å². The zero-order chi connectivity index (χ0) is 15.0. The van der Waals surface area contributed by atoms with Gasteiger partial charge in [0.05, 0.1) is 12.3 Å². The van der Waals surface area contributed by atoms with Gasteiger partial charge in [-0.25, -0.2) is 0 Å². The summed E-state index contributed by atoms with van der Waals surface area (Å²) in [7, 11) is 1.75. The first-order valence-electron chi connectivity index (χ1n) is 6.97. The second-order valence-electron chi connectivity index (χ2n) is 4.66. The van der Waals surface area contributed by atoms with Gasteiger partial charge in [0.2, 0.25) is 0 Å². The van der Waals surface area contributed by atoms with E-state index in [0.29, 0.717) is 6.61 Å². The van der Waals surface area contributed by atoms with Crippen LogP contribution >= 0.6 is 0 Å². The lowest BCUT2D eigenvalue weighted by Gasteiger charge is -2.21. The van der Waals surface area contributed by atoms with Crippen molar-refractivity contribution in [2.45, 2.75) is 26.8 Å². The minimum absolute atomic E-state index is 0.0481. The van der Waals surface area contributed by atoms with Crippen molar-refractivity contribution in [3.8, 4) is 5.75 Å². The highest BCUT2D eigenvalue weighted by Gasteiger charge is 2.12. The Morgan fingerprint density at radius 2 is 2.15 bits per heavy atom. The fourth-order valence-corrected chi connectivity index (χ4v) is 1.95. The summed E-state index contributed by atoms with van der Waals surface area (Å²) in [6.45, 7) is 6.32. The Morgan fingerprint density at radius 1 is 1.40 bits per heavy atom. The molecule has 0 saturated carbocycles. The smallest absolute Gasteiger partial charge is 0.323 e. The number of aliphatic carboxylic acids is 1. The molecule has 0 aliphatic carbocycles. The van der Waals surface area contributed by atoms with E-state index >= 15 is 0 Å². The van der Waals surface area contributed by atoms with Gasteiger partial charge in [0.1, 0.15) is 12.3 Å². The van der Waals surface area contributed by atoms with Crippen LogP contribution in [0.3, 0.4) is 0 Å². The van der Waals surface area contributed by atoms with Crippen LogP contribution in [-0.4, -0.2) is 37.8 Å². The van der Waals surface area contributed by atoms with Crippen LogP contribution in [0.4, 0.5) is 5.69 Å². The predicted molar refractivity (Wildman–Crippen MR) is 80.5 cm³/mol. The van der Waals surface area contributed by atoms with E-state index < -0.39 is 5.97 Å². The standard InChI is InChI=1S/C15H24N2O3/c1-4-8-16-10-12-6-7-13(14(9-12)20-5-2)17(3)11-15(18)19/h6-7,9,16H,4-5,8,10-11H2,1-3H3,(H,18,19). The van der Waals surface area contributed by atoms with E-state index in [1.54, 1.807) is 11.9 Å². The molecule has 0 aliphatic heterocycles. The third-order valence-corrected chi connectivity index (χ3v) is 2.86. The molecule has 1 rings (SSSR count). The molecule has 0 radical (unpaired) electrons. The molecule has 1 aromatic carbocycles. The van der Waals surface area contributed by atoms with Gasteiger partial charge in [0.15, 0.2) is 0 Å². The second-order valence-corrected chi connectivity index (χ2v) is 4.66. The van der Waals surface area contributed by atoms with Gasteiger partial charge in [0, 0.05) is 13.6 Å². The van der Waals surface area contributed by atoms with E-state index in [1.807, 2.05) is 25.1 Å². The second kappa shape index (κ2) is 8.43. The number of rotatable bonds is 9. The van der Waals surface area contributed by atoms with Gasteiger partial charge in [-0.2, -0.15) is 0 Å². The normalized spacial score (nSPS) is 10.3. The molecule has 1 aromatic rings. The Labute approximate surface area is 120 Å². The lowest BCUT2D eigenvalue weighted by Crippen LogP contribution is -2.25. The average Bonchev–Trinajstić information content (AvgIpc) is 2.39. The maximum atomic E-state index is 10.8. The van der Waals surface area contributed by atoms with E-state index in [0.717, 1.165) is 36.5 Å². The van der Waals surface area contributed by atoms with Crippen molar-refractivity contribution < 1.29 is 14.6 Å². The molecule has 20 heavy (non-hydrogen) atoms. The van der Waals surface area contributed by atoms with Crippen LogP contribution < -0.4 is 15.0 Å². The summed E-state index contributed by atoms with van der Waals surface area (Å²) in [5.41, 5.74) is 1.93. The summed E-state index contributed by atoms with van der Waals surface area (Å²) >= 11 is 0. The number of hydrogen-bond donors (Lipinski definition) is 2. The Morgan fingerprint density at radius 3 is 2.75 bits per heavy atom. The molecule has 0 aliphatic rings. The molecule has 0 atom stereocenters. The van der Waals surface area contributed by atoms with E-state index in [4.69, 9.17) is 9.84 Å². The van der Waals surface area contributed by atoms with Gasteiger partial charge in [0.25, 0.3) is 0 Å². The average molecular weight is 280 g/mol. The number of ether oxygens (including phenoxy) is 1. The molecule has 2 N–H and O–H groups in total. The van der Waals surface area contributed by atoms with Crippen molar-refractivity contribution in [1.82, 2.24) is 5.32 Å². The van der Waals surface area contributed by atoms with Crippen LogP contribution in [0, 0.1) is 0 Å². The molecule has 0 fully saturated rings. The van der Waals surface area contributed by atoms with Crippen LogP contribution in [0.2, 0.25) is 0 Å². The number of hydrogen-bond acceptors (Lipinski definition) is 4. The monoisotopic (exact) mass is 280 g/mol. The van der Waals surface area contributed by atoms with Crippen molar-refractivity contribution in [3.05, 3.63) is 23.8 Å². The number of carboxylic acid groups (broad SMARTS) is 1. The molecule has 0 saturated heterocycles. The molecule has 0 unspecified atom stereocenters. The number of carbonyl (C=O) groups is 1. The summed E-state index contributed by atoms with van der Waals surface area (Å²) < 4.78 is 5.62. The number of likely N-dealkylation sites (N-methyl/N-ethyl adjacent to an activating group) is 1. The van der Waals surface area contributed by atoms with Crippen molar-refractivity contribution in [2.24, 2.45) is 0 Å². The number of nitrogens with one attached hydrogen (secondary N) is 1. The fraction of sp³-hybridized carbons (Fsp3) is 0.533. The van der Waals surface area contributed by atoms with Crippen LogP contribution in [0.25, 0.3) is 0 Å². The first-order valence-corrected chi connectivity index (χ1v) is 6.97. The molecule has 0 spiro atoms. The maximum Gasteiger partial charge on any atom is 0.323 e. The minimum Gasteiger partial charge on any atom is -0.492 e. The van der Waals surface area contributed by atoms with Gasteiger partial charge in [-0.1, -0.05) is 13.0 Å². The quantitative estimate of drug-likeness (QED) is 0.678. The van der Waals surface area contributed by atoms with Crippen molar-refractivity contribution in [1.29, 1.82) is 0 Å². The summed E-state index contributed by atoms with van der Waals surface area (Å²) in [5, 5.41) is 12.2. The van der Waals surface area contributed by atoms with E-state index in [2.05, 4.69) is 12.2 Å². The van der Waals surface area contributed by atoms with Crippen molar-refractivity contribution >= 4 is 11.7 Å². The van der Waals surface area contributed by atoms with E-state index in [-0.39, 0.29) is 6.54 Å². The molecule has 5 nitrogen and oxygen atoms in total. The lowest BCUT2D eigenvalue weighted by molar-refractivity contribution is -0.135. The van der Waals surface area contributed by atoms with Crippen LogP contribution in [0.5, 0.6) is 5.75 Å². The first-order chi connectivity index (χ1) is 9.58. The molecular weight excluding hydrogens is 256 g/mol. The SMILES string of the molecule is CCCNCc1ccc(N(C)CC(=O)O)c(OCC)c1. The Bertz CT molecular complexity index is 435. The van der Waals surface area contributed by atoms with Crippen LogP contribution in [-0.2, 0) is 11.3 Å². The Hall–Kier alpha value is -1.75. The van der Waals surface area contributed by atoms with Gasteiger partial charge < -0.3 is 20.1 Å². The van der Waals surface area contributed by atoms with Gasteiger partial charge in [-0.3, -0.25) is 4.79 Å². The van der Waals surface area contributed by atoms with Gasteiger partial charge in [-0.15, -0.1) is 0 Å². The third-order valence-electron chi connectivity index (χ3n) is 2.86. The summed E-state index contributed by atoms with van der Waals surface area (Å²) in [4.78, 5) is 12.5. The zero-order valence-corrected chi connectivity index (χ0v) is 12.5. The third kappa shape index (κ3) is 5.09. The number of benzene rings is 1. The number of carboxylic acids is 1. The molecule has 0 amide bonds. The van der Waals surface area contributed by atoms with Crippen LogP contribution in [0.15, 0.2) is 18.2 Å². The Balaban J connectivity index is 2.86. The molecule has 0 heterocycles. The summed E-state index contributed by atoms with van der Waals surface area (Å²) in [6.07, 6.45) is 1.09. The topological polar surface area (TPSA) is 61.8 Å². The highest BCUT2D eigenvalue weighted by molar-refractivity contribution is 5.75. The van der Waals surface area contributed by atoms with E-state index in [9.17, 15) is 4.79 Å². The number of nitrogens with zero attached hydrogens (tertiary/aromatic N) is 1. The fourth-order valence-electron chi connectivity index (χ4n) is 1.95. The van der Waals surface area contributed by atoms with Crippen LogP contribution in [0.1, 0.15) is 25.8 Å². The molecule has 0 aromatic heterocycles. The first kappa shape index (κ1) is 16.3. The number of anilines is 1. The predicted octanol–water partition coefficient (Wildman–Crippen LogP) is 2.11. The molecule has 0 bridgehead atoms. The maximum absolute atomic E-state index is 10.8.